The van der Waals surface area contributed by atoms with Gasteiger partial charge in [0.15, 0.2) is 0 Å². The number of methoxy groups -OCH3 is 1. The van der Waals surface area contributed by atoms with Gasteiger partial charge in [-0.25, -0.2) is 9.97 Å². The molecule has 0 saturated heterocycles. The van der Waals surface area contributed by atoms with Crippen LogP contribution in [0.1, 0.15) is 32.1 Å². The highest BCUT2D eigenvalue weighted by molar-refractivity contribution is 5.92. The number of rotatable bonds is 4. The van der Waals surface area contributed by atoms with Crippen LogP contribution in [-0.4, -0.2) is 23.0 Å². The fourth-order valence-electron chi connectivity index (χ4n) is 3.02. The van der Waals surface area contributed by atoms with Crippen LogP contribution in [-0.2, 0) is 4.79 Å². The molecular formula is C18H21N3O2. The maximum Gasteiger partial charge on any atom is 0.228 e. The van der Waals surface area contributed by atoms with Crippen molar-refractivity contribution in [2.45, 2.75) is 32.1 Å². The van der Waals surface area contributed by atoms with Gasteiger partial charge in [-0.3, -0.25) is 4.79 Å². The molecule has 0 aliphatic heterocycles. The molecule has 0 unspecified atom stereocenters. The Morgan fingerprint density at radius 1 is 1.17 bits per heavy atom. The average molecular weight is 311 g/mol. The molecule has 0 spiro atoms. The van der Waals surface area contributed by atoms with Crippen molar-refractivity contribution in [3.8, 4) is 17.0 Å². The predicted molar refractivity (Wildman–Crippen MR) is 89.2 cm³/mol. The van der Waals surface area contributed by atoms with Crippen molar-refractivity contribution < 1.29 is 9.53 Å². The first-order chi connectivity index (χ1) is 11.3. The van der Waals surface area contributed by atoms with Gasteiger partial charge < -0.3 is 10.1 Å². The van der Waals surface area contributed by atoms with Gasteiger partial charge in [0.25, 0.3) is 0 Å². The van der Waals surface area contributed by atoms with E-state index in [2.05, 4.69) is 15.3 Å². The zero-order valence-corrected chi connectivity index (χ0v) is 13.3. The van der Waals surface area contributed by atoms with Crippen LogP contribution in [0.15, 0.2) is 36.7 Å². The third-order valence-electron chi connectivity index (χ3n) is 4.28. The average Bonchev–Trinajstić information content (AvgIpc) is 2.62. The molecule has 1 amide bonds. The number of carbonyl (C=O) groups is 1. The van der Waals surface area contributed by atoms with Gasteiger partial charge in [0, 0.05) is 17.5 Å². The number of hydrogen-bond donors (Lipinski definition) is 1. The summed E-state index contributed by atoms with van der Waals surface area (Å²) in [6, 6.07) is 9.46. The molecule has 5 heteroatoms. The second-order valence-corrected chi connectivity index (χ2v) is 5.81. The van der Waals surface area contributed by atoms with E-state index in [1.165, 1.54) is 12.7 Å². The third kappa shape index (κ3) is 3.67. The summed E-state index contributed by atoms with van der Waals surface area (Å²) in [5.74, 6) is 1.45. The normalized spacial score (nSPS) is 15.2. The molecule has 1 aliphatic rings. The number of aromatic nitrogens is 2. The number of hydrogen-bond acceptors (Lipinski definition) is 4. The Balaban J connectivity index is 1.78. The highest BCUT2D eigenvalue weighted by Crippen LogP contribution is 2.29. The van der Waals surface area contributed by atoms with Crippen LogP contribution in [0.4, 0.5) is 5.82 Å². The summed E-state index contributed by atoms with van der Waals surface area (Å²) in [5, 5.41) is 2.93. The highest BCUT2D eigenvalue weighted by atomic mass is 16.5. The first-order valence-corrected chi connectivity index (χ1v) is 8.04. The molecule has 1 aliphatic carbocycles. The summed E-state index contributed by atoms with van der Waals surface area (Å²) >= 11 is 0. The van der Waals surface area contributed by atoms with E-state index < -0.39 is 0 Å². The van der Waals surface area contributed by atoms with E-state index in [-0.39, 0.29) is 11.8 Å². The van der Waals surface area contributed by atoms with E-state index in [9.17, 15) is 4.79 Å². The van der Waals surface area contributed by atoms with Gasteiger partial charge in [-0.2, -0.15) is 0 Å². The Labute approximate surface area is 136 Å². The number of anilines is 1. The Kier molecular flexibility index (Phi) is 4.86. The molecule has 1 aromatic heterocycles. The number of benzene rings is 1. The molecule has 5 nitrogen and oxygen atoms in total. The van der Waals surface area contributed by atoms with Crippen LogP contribution in [0.5, 0.6) is 5.75 Å². The van der Waals surface area contributed by atoms with Crippen LogP contribution in [0.3, 0.4) is 0 Å². The summed E-state index contributed by atoms with van der Waals surface area (Å²) in [4.78, 5) is 20.8. The van der Waals surface area contributed by atoms with Crippen molar-refractivity contribution >= 4 is 11.7 Å². The van der Waals surface area contributed by atoms with Gasteiger partial charge >= 0.3 is 0 Å². The summed E-state index contributed by atoms with van der Waals surface area (Å²) in [6.45, 7) is 0. The molecule has 120 valence electrons. The van der Waals surface area contributed by atoms with Gasteiger partial charge in [0.1, 0.15) is 17.9 Å². The van der Waals surface area contributed by atoms with Crippen molar-refractivity contribution in [2.24, 2.45) is 5.92 Å². The van der Waals surface area contributed by atoms with E-state index >= 15 is 0 Å². The molecule has 1 fully saturated rings. The third-order valence-corrected chi connectivity index (χ3v) is 4.28. The van der Waals surface area contributed by atoms with E-state index in [1.54, 1.807) is 13.2 Å². The fraction of sp³-hybridized carbons (Fsp3) is 0.389. The maximum atomic E-state index is 12.3. The van der Waals surface area contributed by atoms with E-state index in [0.717, 1.165) is 42.7 Å². The molecule has 1 heterocycles. The minimum absolute atomic E-state index is 0.0642. The molecule has 1 N–H and O–H groups in total. The molecule has 1 aromatic carbocycles. The molecular weight excluding hydrogens is 290 g/mol. The number of para-hydroxylation sites is 1. The van der Waals surface area contributed by atoms with Crippen molar-refractivity contribution in [2.75, 3.05) is 12.4 Å². The Morgan fingerprint density at radius 2 is 1.96 bits per heavy atom. The monoisotopic (exact) mass is 311 g/mol. The highest BCUT2D eigenvalue weighted by Gasteiger charge is 2.21. The van der Waals surface area contributed by atoms with E-state index in [0.29, 0.717) is 5.82 Å². The zero-order chi connectivity index (χ0) is 16.1. The lowest BCUT2D eigenvalue weighted by Crippen LogP contribution is -2.25. The quantitative estimate of drug-likeness (QED) is 0.935. The number of ether oxygens (including phenoxy) is 1. The number of nitrogens with one attached hydrogen (secondary N) is 1. The molecule has 1 saturated carbocycles. The fourth-order valence-corrected chi connectivity index (χ4v) is 3.02. The first kappa shape index (κ1) is 15.5. The van der Waals surface area contributed by atoms with Crippen molar-refractivity contribution in [3.05, 3.63) is 36.7 Å². The van der Waals surface area contributed by atoms with Crippen LogP contribution in [0, 0.1) is 5.92 Å². The van der Waals surface area contributed by atoms with Crippen molar-refractivity contribution in [1.82, 2.24) is 9.97 Å². The Morgan fingerprint density at radius 3 is 2.74 bits per heavy atom. The smallest absolute Gasteiger partial charge is 0.228 e. The molecule has 23 heavy (non-hydrogen) atoms. The summed E-state index contributed by atoms with van der Waals surface area (Å²) < 4.78 is 5.37. The molecule has 0 radical (unpaired) electrons. The van der Waals surface area contributed by atoms with Crippen LogP contribution in [0.25, 0.3) is 11.3 Å². The number of amides is 1. The van der Waals surface area contributed by atoms with Crippen molar-refractivity contribution in [1.29, 1.82) is 0 Å². The van der Waals surface area contributed by atoms with Gasteiger partial charge in [-0.1, -0.05) is 31.4 Å². The van der Waals surface area contributed by atoms with Crippen LogP contribution >= 0.6 is 0 Å². The SMILES string of the molecule is COc1ccccc1-c1cc(NC(=O)C2CCCCC2)ncn1. The Hall–Kier alpha value is -2.43. The molecule has 2 aromatic rings. The summed E-state index contributed by atoms with van der Waals surface area (Å²) in [5.41, 5.74) is 1.61. The second kappa shape index (κ2) is 7.22. The van der Waals surface area contributed by atoms with E-state index in [4.69, 9.17) is 4.74 Å². The van der Waals surface area contributed by atoms with Gasteiger partial charge in [0.2, 0.25) is 5.91 Å². The predicted octanol–water partition coefficient (Wildman–Crippen LogP) is 3.67. The number of nitrogens with zero attached hydrogens (tertiary/aromatic N) is 2. The largest absolute Gasteiger partial charge is 0.496 e. The maximum absolute atomic E-state index is 12.3. The Bertz CT molecular complexity index is 681. The number of carbonyl (C=O) groups excluding carboxylic acids is 1. The molecule has 0 bridgehead atoms. The zero-order valence-electron chi connectivity index (χ0n) is 13.3. The topological polar surface area (TPSA) is 64.1 Å². The minimum atomic E-state index is 0.0642. The minimum Gasteiger partial charge on any atom is -0.496 e. The molecule has 3 rings (SSSR count). The lowest BCUT2D eigenvalue weighted by molar-refractivity contribution is -0.120. The first-order valence-electron chi connectivity index (χ1n) is 8.04. The van der Waals surface area contributed by atoms with Gasteiger partial charge in [-0.15, -0.1) is 0 Å². The van der Waals surface area contributed by atoms with E-state index in [1.807, 2.05) is 24.3 Å². The van der Waals surface area contributed by atoms with Crippen LogP contribution in [0.2, 0.25) is 0 Å². The standard InChI is InChI=1S/C18H21N3O2/c1-23-16-10-6-5-9-14(16)15-11-17(20-12-19-15)21-18(22)13-7-3-2-4-8-13/h5-6,9-13H,2-4,7-8H2,1H3,(H,19,20,21,22). The lowest BCUT2D eigenvalue weighted by atomic mass is 9.89. The van der Waals surface area contributed by atoms with Gasteiger partial charge in [0.05, 0.1) is 12.8 Å². The van der Waals surface area contributed by atoms with Crippen LogP contribution < -0.4 is 10.1 Å². The summed E-state index contributed by atoms with van der Waals surface area (Å²) in [7, 11) is 1.63. The molecule has 0 atom stereocenters. The lowest BCUT2D eigenvalue weighted by Gasteiger charge is -2.20. The summed E-state index contributed by atoms with van der Waals surface area (Å²) in [6.07, 6.45) is 6.91. The van der Waals surface area contributed by atoms with Gasteiger partial charge in [-0.05, 0) is 25.0 Å². The second-order valence-electron chi connectivity index (χ2n) is 5.81. The van der Waals surface area contributed by atoms with Crippen molar-refractivity contribution in [3.63, 3.8) is 0 Å².